The van der Waals surface area contributed by atoms with Crippen LogP contribution in [0.5, 0.6) is 5.75 Å². The molecule has 59 heavy (non-hydrogen) atoms. The topological polar surface area (TPSA) is 245 Å². The zero-order chi connectivity index (χ0) is 41.9. The third-order valence-electron chi connectivity index (χ3n) is 8.75. The van der Waals surface area contributed by atoms with Crippen molar-refractivity contribution in [3.63, 3.8) is 0 Å². The number of aromatic hydroxyl groups is 1. The number of H-pyrrole nitrogens is 1. The zero-order valence-corrected chi connectivity index (χ0v) is 31.2. The second kappa shape index (κ2) is 18.5. The van der Waals surface area contributed by atoms with Gasteiger partial charge in [-0.1, -0.05) is 12.1 Å². The van der Waals surface area contributed by atoms with Gasteiger partial charge in [0, 0.05) is 51.4 Å². The fraction of sp³-hybridized carbons (Fsp3) is 0.0698. The number of phenolic OH excluding ortho intramolecular Hbond substituents is 1. The predicted octanol–water partition coefficient (Wildman–Crippen LogP) is 5.73. The van der Waals surface area contributed by atoms with Crippen LogP contribution in [0, 0.1) is 0 Å². The number of benzene rings is 5. The number of amides is 5. The van der Waals surface area contributed by atoms with Crippen molar-refractivity contribution in [1.29, 1.82) is 0 Å². The number of aromatic amines is 1. The number of carbonyl (C=O) groups excluding carboxylic acids is 5. The maximum absolute atomic E-state index is 13.5. The highest BCUT2D eigenvalue weighted by Gasteiger charge is 2.24. The molecule has 1 atom stereocenters. The summed E-state index contributed by atoms with van der Waals surface area (Å²) in [5.74, 6) is -3.28. The summed E-state index contributed by atoms with van der Waals surface area (Å²) in [7, 11) is 0. The van der Waals surface area contributed by atoms with Gasteiger partial charge in [-0.2, -0.15) is 15.4 Å². The van der Waals surface area contributed by atoms with E-state index < -0.39 is 35.6 Å². The molecule has 5 amide bonds. The van der Waals surface area contributed by atoms with Crippen LogP contribution in [0.4, 0.5) is 22.7 Å². The largest absolute Gasteiger partial charge is 0.508 e. The summed E-state index contributed by atoms with van der Waals surface area (Å²) in [4.78, 5) is 76.2. The molecule has 0 aliphatic heterocycles. The number of carboxylic acids is 1. The molecule has 6 rings (SSSR count). The Morgan fingerprint density at radius 1 is 0.610 bits per heavy atom. The second-order valence-electron chi connectivity index (χ2n) is 13.1. The van der Waals surface area contributed by atoms with Crippen molar-refractivity contribution in [1.82, 2.24) is 20.7 Å². The van der Waals surface area contributed by atoms with E-state index in [2.05, 4.69) is 42.0 Å². The second-order valence-corrected chi connectivity index (χ2v) is 13.1. The lowest BCUT2D eigenvalue weighted by Crippen LogP contribution is -2.45. The Morgan fingerprint density at radius 2 is 1.07 bits per heavy atom. The van der Waals surface area contributed by atoms with Crippen molar-refractivity contribution in [2.24, 2.45) is 0 Å². The van der Waals surface area contributed by atoms with Crippen molar-refractivity contribution >= 4 is 64.3 Å². The molecule has 8 N–H and O–H groups in total. The number of hydrogen-bond donors (Lipinski definition) is 8. The van der Waals surface area contributed by atoms with Gasteiger partial charge in [0.25, 0.3) is 23.6 Å². The van der Waals surface area contributed by atoms with Gasteiger partial charge < -0.3 is 36.8 Å². The molecule has 1 aromatic heterocycles. The minimum atomic E-state index is -1.08. The zero-order valence-electron chi connectivity index (χ0n) is 31.2. The molecule has 0 aliphatic carbocycles. The van der Waals surface area contributed by atoms with E-state index in [-0.39, 0.29) is 34.8 Å². The lowest BCUT2D eigenvalue weighted by molar-refractivity contribution is -0.118. The van der Waals surface area contributed by atoms with Gasteiger partial charge in [-0.25, -0.2) is 4.79 Å². The first-order chi connectivity index (χ1) is 28.4. The Hall–Kier alpha value is -8.40. The number of nitrogens with one attached hydrogen (secondary N) is 6. The minimum Gasteiger partial charge on any atom is -0.508 e. The number of aromatic nitrogens is 3. The first-order valence-corrected chi connectivity index (χ1v) is 17.9. The Balaban J connectivity index is 1.03. The molecule has 0 bridgehead atoms. The highest BCUT2D eigenvalue weighted by Crippen LogP contribution is 2.18. The van der Waals surface area contributed by atoms with E-state index in [1.54, 1.807) is 49.4 Å². The van der Waals surface area contributed by atoms with Gasteiger partial charge in [0.05, 0.1) is 17.5 Å². The monoisotopic (exact) mass is 792 g/mol. The van der Waals surface area contributed by atoms with E-state index in [1.165, 1.54) is 91.1 Å². The molecule has 0 radical (unpaired) electrons. The van der Waals surface area contributed by atoms with E-state index >= 15 is 0 Å². The molecule has 6 aromatic rings. The Labute approximate surface area is 336 Å². The van der Waals surface area contributed by atoms with E-state index in [0.29, 0.717) is 39.6 Å². The molecule has 1 heterocycles. The van der Waals surface area contributed by atoms with Crippen molar-refractivity contribution < 1.29 is 39.0 Å². The molecule has 0 saturated heterocycles. The van der Waals surface area contributed by atoms with Crippen LogP contribution >= 0.6 is 0 Å². The number of carboxylic acid groups (broad SMARTS) is 1. The highest BCUT2D eigenvalue weighted by molar-refractivity contribution is 6.08. The van der Waals surface area contributed by atoms with Gasteiger partial charge >= 0.3 is 5.97 Å². The number of phenols is 1. The third-order valence-corrected chi connectivity index (χ3v) is 8.75. The van der Waals surface area contributed by atoms with Crippen LogP contribution in [0.3, 0.4) is 0 Å². The van der Waals surface area contributed by atoms with Crippen LogP contribution in [0.15, 0.2) is 133 Å². The Kier molecular flexibility index (Phi) is 12.6. The van der Waals surface area contributed by atoms with Gasteiger partial charge in [0.1, 0.15) is 11.8 Å². The predicted molar refractivity (Wildman–Crippen MR) is 219 cm³/mol. The molecule has 0 unspecified atom stereocenters. The summed E-state index contributed by atoms with van der Waals surface area (Å²) < 4.78 is 0. The van der Waals surface area contributed by atoms with Gasteiger partial charge in [0.2, 0.25) is 5.91 Å². The van der Waals surface area contributed by atoms with Gasteiger partial charge in [-0.3, -0.25) is 24.0 Å². The number of aromatic carboxylic acids is 1. The highest BCUT2D eigenvalue weighted by atomic mass is 16.4. The maximum Gasteiger partial charge on any atom is 0.335 e. The van der Waals surface area contributed by atoms with Gasteiger partial charge in [-0.05, 0) is 128 Å². The molecule has 5 aromatic carbocycles. The molecule has 296 valence electrons. The van der Waals surface area contributed by atoms with Gasteiger partial charge in [0.15, 0.2) is 0 Å². The standard InChI is InChI=1S/C43H36N8O8/c1-25(22-26-2-20-36(52)21-3-26)38(53)45-31-12-8-29(9-13-31)41(56)49-37(23-35-24-44-51-50-35)42(57)48-34-16-6-28(7-17-34)39(54)46-32-14-4-27(5-15-32)40(55)47-33-18-10-30(11-19-33)43(58)59/h2-22,24,37,52H,23H2,1H3,(H,45,53)(H,46,54)(H,47,55)(H,48,57)(H,49,56)(H,58,59)(H,44,50,51)/b25-22+/t37-/m0/s1. The molecule has 16 nitrogen and oxygen atoms in total. The maximum atomic E-state index is 13.5. The van der Waals surface area contributed by atoms with Crippen LogP contribution in [0.2, 0.25) is 0 Å². The first-order valence-electron chi connectivity index (χ1n) is 17.9. The Morgan fingerprint density at radius 3 is 1.54 bits per heavy atom. The molecule has 0 fully saturated rings. The van der Waals surface area contributed by atoms with Crippen molar-refractivity contribution in [2.75, 3.05) is 21.3 Å². The quantitative estimate of drug-likeness (QED) is 0.0622. The number of nitrogens with zero attached hydrogens (tertiary/aromatic N) is 2. The smallest absolute Gasteiger partial charge is 0.335 e. The average Bonchev–Trinajstić information content (AvgIpc) is 3.75. The van der Waals surface area contributed by atoms with Crippen LogP contribution < -0.4 is 26.6 Å². The van der Waals surface area contributed by atoms with E-state index in [1.807, 2.05) is 0 Å². The SMILES string of the molecule is C/C(=C\c1ccc(O)cc1)C(=O)Nc1ccc(C(=O)N[C@@H](Cc2cn[nH]n2)C(=O)Nc2ccc(C(=O)Nc3ccc(C(=O)Nc4ccc(C(=O)O)cc4)cc3)cc2)cc1. The van der Waals surface area contributed by atoms with E-state index in [0.717, 1.165) is 5.56 Å². The summed E-state index contributed by atoms with van der Waals surface area (Å²) >= 11 is 0. The molecular weight excluding hydrogens is 757 g/mol. The number of hydrogen-bond acceptors (Lipinski definition) is 9. The normalized spacial score (nSPS) is 11.4. The van der Waals surface area contributed by atoms with Crippen molar-refractivity contribution in [3.8, 4) is 5.75 Å². The third kappa shape index (κ3) is 11.1. The van der Waals surface area contributed by atoms with Crippen LogP contribution in [-0.2, 0) is 16.0 Å². The summed E-state index contributed by atoms with van der Waals surface area (Å²) in [6, 6.07) is 29.5. The number of carbonyl (C=O) groups is 6. The minimum absolute atomic E-state index is 0.00961. The van der Waals surface area contributed by atoms with Crippen molar-refractivity contribution in [3.05, 3.63) is 167 Å². The number of anilines is 4. The summed E-state index contributed by atoms with van der Waals surface area (Å²) in [6.07, 6.45) is 3.11. The summed E-state index contributed by atoms with van der Waals surface area (Å²) in [5.41, 5.74) is 4.16. The fourth-order valence-electron chi connectivity index (χ4n) is 5.55. The van der Waals surface area contributed by atoms with Crippen LogP contribution in [0.1, 0.15) is 59.6 Å². The summed E-state index contributed by atoms with van der Waals surface area (Å²) in [6.45, 7) is 1.65. The fourth-order valence-corrected chi connectivity index (χ4v) is 5.55. The van der Waals surface area contributed by atoms with Crippen LogP contribution in [-0.4, -0.2) is 67.2 Å². The molecule has 0 aliphatic rings. The van der Waals surface area contributed by atoms with Crippen LogP contribution in [0.25, 0.3) is 6.08 Å². The van der Waals surface area contributed by atoms with Gasteiger partial charge in [-0.15, -0.1) is 0 Å². The average molecular weight is 793 g/mol. The van der Waals surface area contributed by atoms with E-state index in [9.17, 15) is 33.9 Å². The lowest BCUT2D eigenvalue weighted by Gasteiger charge is -2.18. The first kappa shape index (κ1) is 40.3. The molecule has 0 spiro atoms. The molecular formula is C43H36N8O8. The molecule has 16 heteroatoms. The summed E-state index contributed by atoms with van der Waals surface area (Å²) in [5, 5.41) is 42.5. The van der Waals surface area contributed by atoms with E-state index in [4.69, 9.17) is 5.11 Å². The molecule has 0 saturated carbocycles. The lowest BCUT2D eigenvalue weighted by atomic mass is 10.1. The Bertz CT molecular complexity index is 2500. The number of rotatable bonds is 14. The van der Waals surface area contributed by atoms with Crippen molar-refractivity contribution in [2.45, 2.75) is 19.4 Å².